The Kier molecular flexibility index (Phi) is 3.79. The first kappa shape index (κ1) is 12.1. The molecule has 0 spiro atoms. The van der Waals surface area contributed by atoms with E-state index in [1.807, 2.05) is 0 Å². The van der Waals surface area contributed by atoms with Gasteiger partial charge in [-0.15, -0.1) is 0 Å². The highest BCUT2D eigenvalue weighted by Crippen LogP contribution is 2.32. The molecule has 1 aromatic carbocycles. The average molecular weight is 268 g/mol. The van der Waals surface area contributed by atoms with Crippen LogP contribution in [0, 0.1) is 0 Å². The van der Waals surface area contributed by atoms with Crippen LogP contribution in [0.25, 0.3) is 0 Å². The molecule has 80 valence electrons. The van der Waals surface area contributed by atoms with Gasteiger partial charge in [0.2, 0.25) is 0 Å². The van der Waals surface area contributed by atoms with E-state index in [0.717, 1.165) is 0 Å². The zero-order valence-electron chi connectivity index (χ0n) is 7.05. The molecular weight excluding hydrogens is 264 g/mol. The fourth-order valence-corrected chi connectivity index (χ4v) is 1.39. The maximum atomic E-state index is 10.8. The highest BCUT2D eigenvalue weighted by molar-refractivity contribution is 6.45. The summed E-state index contributed by atoms with van der Waals surface area (Å²) in [6.07, 6.45) is 0. The Bertz CT molecular complexity index is 433. The lowest BCUT2D eigenvalue weighted by Crippen LogP contribution is -2.21. The molecule has 4 nitrogen and oxygen atoms in total. The minimum atomic E-state index is -1.61. The number of carboxylic acid groups (broad SMARTS) is 1. The van der Waals surface area contributed by atoms with Crippen molar-refractivity contribution >= 4 is 52.4 Å². The molecule has 0 bridgehead atoms. The first-order chi connectivity index (χ1) is 6.91. The monoisotopic (exact) mass is 267 g/mol. The fourth-order valence-electron chi connectivity index (χ4n) is 0.794. The van der Waals surface area contributed by atoms with Crippen molar-refractivity contribution in [1.29, 1.82) is 0 Å². The lowest BCUT2D eigenvalue weighted by atomic mass is 10.3. The van der Waals surface area contributed by atoms with Gasteiger partial charge in [-0.25, -0.2) is 4.79 Å². The van der Waals surface area contributed by atoms with Gasteiger partial charge in [-0.05, 0) is 12.1 Å². The Labute approximate surface area is 99.7 Å². The summed E-state index contributed by atoms with van der Waals surface area (Å²) >= 11 is 17.0. The number of benzene rings is 1. The van der Waals surface area contributed by atoms with E-state index < -0.39 is 11.9 Å². The van der Waals surface area contributed by atoms with Gasteiger partial charge in [0.15, 0.2) is 0 Å². The predicted octanol–water partition coefficient (Wildman–Crippen LogP) is 2.67. The lowest BCUT2D eigenvalue weighted by Gasteiger charge is -2.06. The van der Waals surface area contributed by atoms with E-state index in [-0.39, 0.29) is 20.8 Å². The van der Waals surface area contributed by atoms with Crippen LogP contribution in [0.2, 0.25) is 15.1 Å². The summed E-state index contributed by atoms with van der Waals surface area (Å²) in [6.45, 7) is 0. The topological polar surface area (TPSA) is 66.4 Å². The predicted molar refractivity (Wildman–Crippen MR) is 57.7 cm³/mol. The summed E-state index contributed by atoms with van der Waals surface area (Å²) in [5.41, 5.74) is 0.0958. The van der Waals surface area contributed by atoms with Crippen LogP contribution in [-0.4, -0.2) is 17.0 Å². The Hall–Kier alpha value is -0.970. The number of rotatable bonds is 1. The molecule has 1 rings (SSSR count). The highest BCUT2D eigenvalue weighted by atomic mass is 35.5. The number of anilines is 1. The zero-order chi connectivity index (χ0) is 11.6. The van der Waals surface area contributed by atoms with Crippen molar-refractivity contribution in [2.75, 3.05) is 5.32 Å². The van der Waals surface area contributed by atoms with Crippen LogP contribution in [0.15, 0.2) is 12.1 Å². The Balaban J connectivity index is 3.01. The maximum Gasteiger partial charge on any atom is 0.394 e. The quantitative estimate of drug-likeness (QED) is 0.608. The van der Waals surface area contributed by atoms with Crippen LogP contribution < -0.4 is 5.32 Å². The van der Waals surface area contributed by atoms with Crippen LogP contribution in [0.4, 0.5) is 5.69 Å². The van der Waals surface area contributed by atoms with Gasteiger partial charge < -0.3 is 10.4 Å². The minimum absolute atomic E-state index is 0.0958. The molecule has 0 aliphatic heterocycles. The van der Waals surface area contributed by atoms with E-state index in [0.29, 0.717) is 0 Å². The van der Waals surface area contributed by atoms with E-state index in [2.05, 4.69) is 5.32 Å². The molecule has 0 fully saturated rings. The summed E-state index contributed by atoms with van der Waals surface area (Å²) in [7, 11) is 0. The van der Waals surface area contributed by atoms with Crippen LogP contribution in [0.5, 0.6) is 0 Å². The number of hydrogen-bond acceptors (Lipinski definition) is 2. The first-order valence-corrected chi connectivity index (χ1v) is 4.74. The molecule has 2 N–H and O–H groups in total. The third-order valence-electron chi connectivity index (χ3n) is 1.45. The molecule has 1 amide bonds. The molecular formula is C8H4Cl3NO3. The molecule has 0 unspecified atom stereocenters. The Morgan fingerprint density at radius 1 is 1.07 bits per heavy atom. The number of halogens is 3. The molecule has 1 aromatic rings. The highest BCUT2D eigenvalue weighted by Gasteiger charge is 2.14. The van der Waals surface area contributed by atoms with Crippen LogP contribution in [0.1, 0.15) is 0 Å². The first-order valence-electron chi connectivity index (χ1n) is 3.60. The van der Waals surface area contributed by atoms with Crippen molar-refractivity contribution in [3.05, 3.63) is 27.2 Å². The van der Waals surface area contributed by atoms with Gasteiger partial charge in [0.05, 0.1) is 20.8 Å². The van der Waals surface area contributed by atoms with Crippen LogP contribution in [0.3, 0.4) is 0 Å². The molecule has 0 aliphatic carbocycles. The van der Waals surface area contributed by atoms with Gasteiger partial charge in [0.1, 0.15) is 0 Å². The second kappa shape index (κ2) is 4.70. The number of hydrogen-bond donors (Lipinski definition) is 2. The number of amides is 1. The summed E-state index contributed by atoms with van der Waals surface area (Å²) in [5, 5.41) is 10.9. The van der Waals surface area contributed by atoms with Crippen molar-refractivity contribution in [1.82, 2.24) is 0 Å². The molecule has 0 radical (unpaired) electrons. The molecule has 0 saturated heterocycles. The fraction of sp³-hybridized carbons (Fsp3) is 0. The second-order valence-electron chi connectivity index (χ2n) is 2.51. The molecule has 7 heteroatoms. The van der Waals surface area contributed by atoms with Gasteiger partial charge in [0.25, 0.3) is 0 Å². The minimum Gasteiger partial charge on any atom is -0.474 e. The number of carbonyl (C=O) groups excluding carboxylic acids is 1. The molecule has 0 aromatic heterocycles. The van der Waals surface area contributed by atoms with Crippen molar-refractivity contribution in [3.63, 3.8) is 0 Å². The standard InChI is InChI=1S/C8H4Cl3NO3/c9-3-1-5(11)6(2-4(3)10)12-7(13)8(14)15/h1-2H,(H,12,13)(H,14,15). The number of carboxylic acids is 1. The van der Waals surface area contributed by atoms with Gasteiger partial charge >= 0.3 is 11.9 Å². The zero-order valence-corrected chi connectivity index (χ0v) is 9.32. The van der Waals surface area contributed by atoms with Crippen LogP contribution >= 0.6 is 34.8 Å². The smallest absolute Gasteiger partial charge is 0.394 e. The summed E-state index contributed by atoms with van der Waals surface area (Å²) in [4.78, 5) is 21.1. The molecule has 0 heterocycles. The Morgan fingerprint density at radius 3 is 2.13 bits per heavy atom. The van der Waals surface area contributed by atoms with Crippen molar-refractivity contribution in [2.45, 2.75) is 0 Å². The Morgan fingerprint density at radius 2 is 1.60 bits per heavy atom. The normalized spacial score (nSPS) is 9.80. The van der Waals surface area contributed by atoms with E-state index in [9.17, 15) is 9.59 Å². The summed E-state index contributed by atoms with van der Waals surface area (Å²) in [6, 6.07) is 2.58. The summed E-state index contributed by atoms with van der Waals surface area (Å²) in [5.74, 6) is -2.81. The molecule has 15 heavy (non-hydrogen) atoms. The molecule has 0 saturated carbocycles. The van der Waals surface area contributed by atoms with E-state index in [1.54, 1.807) is 0 Å². The number of carbonyl (C=O) groups is 2. The summed E-state index contributed by atoms with van der Waals surface area (Å²) < 4.78 is 0. The van der Waals surface area contributed by atoms with Gasteiger partial charge in [-0.3, -0.25) is 4.79 Å². The maximum absolute atomic E-state index is 10.8. The largest absolute Gasteiger partial charge is 0.474 e. The molecule has 0 aliphatic rings. The third-order valence-corrected chi connectivity index (χ3v) is 2.49. The van der Waals surface area contributed by atoms with Crippen LogP contribution in [-0.2, 0) is 9.59 Å². The molecule has 0 atom stereocenters. The second-order valence-corrected chi connectivity index (χ2v) is 3.73. The van der Waals surface area contributed by atoms with Gasteiger partial charge in [-0.1, -0.05) is 34.8 Å². The van der Waals surface area contributed by atoms with Crippen molar-refractivity contribution < 1.29 is 14.7 Å². The van der Waals surface area contributed by atoms with E-state index >= 15 is 0 Å². The average Bonchev–Trinajstić information content (AvgIpc) is 2.13. The third kappa shape index (κ3) is 2.99. The van der Waals surface area contributed by atoms with E-state index in [1.165, 1.54) is 12.1 Å². The van der Waals surface area contributed by atoms with Crippen molar-refractivity contribution in [2.24, 2.45) is 0 Å². The van der Waals surface area contributed by atoms with Gasteiger partial charge in [0, 0.05) is 0 Å². The SMILES string of the molecule is O=C(O)C(=O)Nc1cc(Cl)c(Cl)cc1Cl. The number of nitrogens with one attached hydrogen (secondary N) is 1. The number of aliphatic carboxylic acids is 1. The van der Waals surface area contributed by atoms with E-state index in [4.69, 9.17) is 39.9 Å². The lowest BCUT2D eigenvalue weighted by molar-refractivity contribution is -0.147. The van der Waals surface area contributed by atoms with Gasteiger partial charge in [-0.2, -0.15) is 0 Å². The van der Waals surface area contributed by atoms with Crippen molar-refractivity contribution in [3.8, 4) is 0 Å².